The van der Waals surface area contributed by atoms with Crippen LogP contribution in [0.15, 0.2) is 30.5 Å². The summed E-state index contributed by atoms with van der Waals surface area (Å²) in [4.78, 5) is 53.4. The zero-order valence-electron chi connectivity index (χ0n) is 22.9. The molecule has 0 saturated heterocycles. The largest absolute Gasteiger partial charge is 0.514 e. The predicted octanol–water partition coefficient (Wildman–Crippen LogP) is 3.79. The summed E-state index contributed by atoms with van der Waals surface area (Å²) >= 11 is 0. The molecule has 4 atom stereocenters. The maximum Gasteiger partial charge on any atom is 0.514 e. The Bertz CT molecular complexity index is 1330. The molecule has 0 spiro atoms. The highest BCUT2D eigenvalue weighted by Crippen LogP contribution is 2.47. The molecule has 1 fully saturated rings. The van der Waals surface area contributed by atoms with Crippen LogP contribution < -0.4 is 21.1 Å². The highest BCUT2D eigenvalue weighted by atomic mass is 19.1. The lowest BCUT2D eigenvalue weighted by atomic mass is 10.00. The maximum atomic E-state index is 15.1. The van der Waals surface area contributed by atoms with E-state index in [1.165, 1.54) is 24.4 Å². The SMILES string of the molecule is CCC(=O)c1ccc(F)c(C2CC2NC(=O)Nc2ccc(C#N)cn2)c1OC(=O)OCCOC(=O)[C@@H](N)[C@@H](C)CC. The van der Waals surface area contributed by atoms with Crippen LogP contribution in [0, 0.1) is 23.1 Å². The number of hydrogen-bond donors (Lipinski definition) is 3. The standard InChI is InChI=1S/C28H32FN5O7/c1-4-15(3)24(31)26(36)39-10-11-40-28(38)41-25-17(21(35)5-2)7-8-19(29)23(25)18-12-20(18)33-27(37)34-22-9-6-16(13-30)14-32-22/h6-9,14-15,18,20,24H,4-5,10-12,31H2,1-3H3,(H2,32,33,34,37)/t15-,18?,20?,24-/m0/s1. The minimum absolute atomic E-state index is 0.0105. The third-order valence-corrected chi connectivity index (χ3v) is 6.64. The number of Topliss-reactive ketones (excluding diaryl/α,β-unsaturated/α-hetero) is 1. The van der Waals surface area contributed by atoms with Gasteiger partial charge in [-0.2, -0.15) is 5.26 Å². The molecule has 218 valence electrons. The number of aromatic nitrogens is 1. The lowest BCUT2D eigenvalue weighted by Gasteiger charge is -2.17. The number of halogens is 1. The van der Waals surface area contributed by atoms with Crippen molar-refractivity contribution in [3.8, 4) is 11.8 Å². The van der Waals surface area contributed by atoms with Crippen LogP contribution in [0.1, 0.15) is 67.4 Å². The van der Waals surface area contributed by atoms with E-state index in [1.54, 1.807) is 6.92 Å². The average Bonchev–Trinajstić information content (AvgIpc) is 3.72. The Kier molecular flexibility index (Phi) is 10.7. The van der Waals surface area contributed by atoms with Crippen molar-refractivity contribution in [1.82, 2.24) is 10.3 Å². The quantitative estimate of drug-likeness (QED) is 0.147. The topological polar surface area (TPSA) is 183 Å². The van der Waals surface area contributed by atoms with Gasteiger partial charge >= 0.3 is 18.2 Å². The third kappa shape index (κ3) is 8.21. The number of urea groups is 1. The molecule has 4 N–H and O–H groups in total. The highest BCUT2D eigenvalue weighted by molar-refractivity contribution is 5.99. The molecule has 2 unspecified atom stereocenters. The minimum atomic E-state index is -1.22. The molecule has 3 rings (SSSR count). The first-order valence-electron chi connectivity index (χ1n) is 13.2. The Morgan fingerprint density at radius 1 is 1.17 bits per heavy atom. The molecule has 2 aromatic rings. The molecule has 41 heavy (non-hydrogen) atoms. The van der Waals surface area contributed by atoms with E-state index in [9.17, 15) is 19.2 Å². The summed E-state index contributed by atoms with van der Waals surface area (Å²) in [6.07, 6.45) is 1.14. The van der Waals surface area contributed by atoms with Gasteiger partial charge in [0.2, 0.25) is 0 Å². The van der Waals surface area contributed by atoms with Gasteiger partial charge in [0.05, 0.1) is 11.1 Å². The maximum absolute atomic E-state index is 15.1. The van der Waals surface area contributed by atoms with Crippen molar-refractivity contribution >= 4 is 29.8 Å². The summed E-state index contributed by atoms with van der Waals surface area (Å²) in [6.45, 7) is 4.68. The second-order valence-corrected chi connectivity index (χ2v) is 9.48. The van der Waals surface area contributed by atoms with E-state index in [-0.39, 0.29) is 48.2 Å². The van der Waals surface area contributed by atoms with Gasteiger partial charge in [-0.25, -0.2) is 19.0 Å². The van der Waals surface area contributed by atoms with Crippen molar-refractivity contribution in [2.75, 3.05) is 18.5 Å². The molecule has 13 heteroatoms. The van der Waals surface area contributed by atoms with Crippen molar-refractivity contribution in [1.29, 1.82) is 5.26 Å². The number of ketones is 1. The van der Waals surface area contributed by atoms with E-state index < -0.39 is 47.8 Å². The fourth-order valence-corrected chi connectivity index (χ4v) is 3.93. The number of rotatable bonds is 12. The fourth-order valence-electron chi connectivity index (χ4n) is 3.93. The van der Waals surface area contributed by atoms with Crippen LogP contribution in [0.2, 0.25) is 0 Å². The minimum Gasteiger partial charge on any atom is -0.461 e. The first-order chi connectivity index (χ1) is 19.6. The highest BCUT2D eigenvalue weighted by Gasteiger charge is 2.44. The number of anilines is 1. The molecule has 0 aliphatic heterocycles. The van der Waals surface area contributed by atoms with Crippen molar-refractivity contribution in [2.24, 2.45) is 11.7 Å². The Hall–Kier alpha value is -4.57. The zero-order valence-corrected chi connectivity index (χ0v) is 22.9. The number of carbonyl (C=O) groups is 4. The van der Waals surface area contributed by atoms with Crippen LogP contribution in [0.3, 0.4) is 0 Å². The Morgan fingerprint density at radius 2 is 1.90 bits per heavy atom. The van der Waals surface area contributed by atoms with Gasteiger partial charge in [0.25, 0.3) is 0 Å². The van der Waals surface area contributed by atoms with Crippen LogP contribution in [-0.4, -0.2) is 54.2 Å². The van der Waals surface area contributed by atoms with Crippen LogP contribution in [0.4, 0.5) is 19.8 Å². The van der Waals surface area contributed by atoms with E-state index in [0.717, 1.165) is 6.07 Å². The van der Waals surface area contributed by atoms with Crippen molar-refractivity contribution in [3.63, 3.8) is 0 Å². The van der Waals surface area contributed by atoms with E-state index in [1.807, 2.05) is 19.9 Å². The van der Waals surface area contributed by atoms with Gasteiger partial charge in [-0.1, -0.05) is 27.2 Å². The summed E-state index contributed by atoms with van der Waals surface area (Å²) in [5, 5.41) is 14.1. The van der Waals surface area contributed by atoms with E-state index in [4.69, 9.17) is 25.2 Å². The van der Waals surface area contributed by atoms with Crippen LogP contribution in [0.5, 0.6) is 5.75 Å². The first-order valence-corrected chi connectivity index (χ1v) is 13.2. The fraction of sp³-hybridized carbons (Fsp3) is 0.429. The molecule has 0 radical (unpaired) electrons. The Morgan fingerprint density at radius 3 is 2.54 bits per heavy atom. The molecule has 1 aliphatic carbocycles. The lowest BCUT2D eigenvalue weighted by molar-refractivity contribution is -0.147. The Balaban J connectivity index is 1.65. The molecule has 1 aromatic heterocycles. The average molecular weight is 570 g/mol. The number of pyridine rings is 1. The van der Waals surface area contributed by atoms with Gasteiger partial charge in [-0.05, 0) is 36.6 Å². The van der Waals surface area contributed by atoms with Gasteiger partial charge in [0, 0.05) is 30.1 Å². The number of benzene rings is 1. The Labute approximate surface area is 236 Å². The number of carbonyl (C=O) groups excluding carboxylic acids is 4. The van der Waals surface area contributed by atoms with Gasteiger partial charge in [0.1, 0.15) is 37.0 Å². The van der Waals surface area contributed by atoms with Crippen molar-refractivity contribution in [3.05, 3.63) is 53.0 Å². The predicted molar refractivity (Wildman–Crippen MR) is 144 cm³/mol. The van der Waals surface area contributed by atoms with Crippen molar-refractivity contribution in [2.45, 2.75) is 58.0 Å². The third-order valence-electron chi connectivity index (χ3n) is 6.64. The van der Waals surface area contributed by atoms with Gasteiger partial charge < -0.3 is 25.3 Å². The number of nitrogens with two attached hydrogens (primary N) is 1. The molecule has 12 nitrogen and oxygen atoms in total. The first kappa shape index (κ1) is 31.0. The van der Waals surface area contributed by atoms with Crippen LogP contribution in [-0.2, 0) is 14.3 Å². The second kappa shape index (κ2) is 14.2. The smallest absolute Gasteiger partial charge is 0.461 e. The van der Waals surface area contributed by atoms with Gasteiger partial charge in [0.15, 0.2) is 11.5 Å². The van der Waals surface area contributed by atoms with Crippen LogP contribution in [0.25, 0.3) is 0 Å². The summed E-state index contributed by atoms with van der Waals surface area (Å²) < 4.78 is 30.4. The molecule has 0 bridgehead atoms. The molecular formula is C28H32FN5O7. The summed E-state index contributed by atoms with van der Waals surface area (Å²) in [6, 6.07) is 5.25. The second-order valence-electron chi connectivity index (χ2n) is 9.48. The molecule has 1 aliphatic rings. The van der Waals surface area contributed by atoms with Gasteiger partial charge in [-0.15, -0.1) is 0 Å². The number of ether oxygens (including phenoxy) is 3. The normalized spacial score (nSPS) is 16.9. The summed E-state index contributed by atoms with van der Waals surface area (Å²) in [5.74, 6) is -2.51. The molecule has 2 amide bonds. The van der Waals surface area contributed by atoms with E-state index in [0.29, 0.717) is 18.4 Å². The van der Waals surface area contributed by atoms with E-state index >= 15 is 4.39 Å². The number of nitrogens with one attached hydrogen (secondary N) is 2. The molecular weight excluding hydrogens is 537 g/mol. The molecule has 1 saturated carbocycles. The zero-order chi connectivity index (χ0) is 30.1. The summed E-state index contributed by atoms with van der Waals surface area (Å²) in [7, 11) is 0. The van der Waals surface area contributed by atoms with E-state index in [2.05, 4.69) is 15.6 Å². The molecule has 1 aromatic carbocycles. The summed E-state index contributed by atoms with van der Waals surface area (Å²) in [5.41, 5.74) is 6.08. The van der Waals surface area contributed by atoms with Crippen LogP contribution >= 0.6 is 0 Å². The van der Waals surface area contributed by atoms with Gasteiger partial charge in [-0.3, -0.25) is 14.9 Å². The number of nitrogens with zero attached hydrogens (tertiary/aromatic N) is 2. The monoisotopic (exact) mass is 569 g/mol. The molecule has 1 heterocycles. The number of nitriles is 1. The van der Waals surface area contributed by atoms with Crippen molar-refractivity contribution < 1.29 is 37.8 Å². The number of amides is 2. The number of esters is 1. The lowest BCUT2D eigenvalue weighted by Crippen LogP contribution is -2.38. The number of hydrogen-bond acceptors (Lipinski definition) is 10.